The lowest BCUT2D eigenvalue weighted by molar-refractivity contribution is 0.0254. The lowest BCUT2D eigenvalue weighted by Gasteiger charge is -2.38. The van der Waals surface area contributed by atoms with E-state index in [0.29, 0.717) is 23.7 Å². The Morgan fingerprint density at radius 3 is 3.25 bits per heavy atom. The number of rotatable bonds is 2. The summed E-state index contributed by atoms with van der Waals surface area (Å²) in [6.07, 6.45) is 5.55. The number of hydrazine groups is 1. The molecule has 0 radical (unpaired) electrons. The molecule has 0 amide bonds. The largest absolute Gasteiger partial charge is 0.374 e. The number of hydrogen-bond acceptors (Lipinski definition) is 7. The number of nitrogen functional groups attached to an aromatic ring is 1. The highest BCUT2D eigenvalue weighted by atomic mass is 16.5. The van der Waals surface area contributed by atoms with E-state index in [1.807, 2.05) is 0 Å². The van der Waals surface area contributed by atoms with Gasteiger partial charge in [-0.15, -0.1) is 0 Å². The predicted molar refractivity (Wildman–Crippen MR) is 74.2 cm³/mol. The van der Waals surface area contributed by atoms with Crippen molar-refractivity contribution in [1.82, 2.24) is 20.2 Å². The summed E-state index contributed by atoms with van der Waals surface area (Å²) in [6, 6.07) is 0.391. The van der Waals surface area contributed by atoms with Gasteiger partial charge in [0.15, 0.2) is 5.65 Å². The maximum atomic E-state index is 5.85. The standard InChI is InChI=1S/C12H17N7O/c13-17-12-15-10-7(6-14-18-10)11(16-12)19-4-5-20-9-3-1-2-8(9)19/h6,8-9H,1-5,13H2,(H2,14,15,16,17,18). The summed E-state index contributed by atoms with van der Waals surface area (Å²) >= 11 is 0. The van der Waals surface area contributed by atoms with Crippen LogP contribution in [0, 0.1) is 0 Å². The third-order valence-corrected chi connectivity index (χ3v) is 4.17. The number of nitrogens with one attached hydrogen (secondary N) is 2. The van der Waals surface area contributed by atoms with E-state index in [4.69, 9.17) is 10.6 Å². The van der Waals surface area contributed by atoms with Crippen molar-refractivity contribution in [2.45, 2.75) is 31.4 Å². The molecule has 8 heteroatoms. The van der Waals surface area contributed by atoms with Crippen molar-refractivity contribution in [3.05, 3.63) is 6.20 Å². The highest BCUT2D eigenvalue weighted by Gasteiger charge is 2.37. The molecule has 1 aliphatic carbocycles. The van der Waals surface area contributed by atoms with Crippen LogP contribution in [0.5, 0.6) is 0 Å². The van der Waals surface area contributed by atoms with Crippen LogP contribution in [0.2, 0.25) is 0 Å². The summed E-state index contributed by atoms with van der Waals surface area (Å²) in [5.41, 5.74) is 3.22. The number of hydrogen-bond donors (Lipinski definition) is 3. The number of nitrogens with zero attached hydrogens (tertiary/aromatic N) is 4. The van der Waals surface area contributed by atoms with Crippen LogP contribution in [0.4, 0.5) is 11.8 Å². The number of aromatic amines is 1. The molecule has 4 N–H and O–H groups in total. The maximum Gasteiger partial charge on any atom is 0.241 e. The Labute approximate surface area is 115 Å². The van der Waals surface area contributed by atoms with E-state index in [2.05, 4.69) is 30.5 Å². The van der Waals surface area contributed by atoms with Crippen molar-refractivity contribution < 1.29 is 4.74 Å². The van der Waals surface area contributed by atoms with Crippen LogP contribution in [0.3, 0.4) is 0 Å². The second-order valence-electron chi connectivity index (χ2n) is 5.25. The molecule has 8 nitrogen and oxygen atoms in total. The fourth-order valence-electron chi connectivity index (χ4n) is 3.29. The fraction of sp³-hybridized carbons (Fsp3) is 0.583. The topological polar surface area (TPSA) is 105 Å². The first kappa shape index (κ1) is 11.9. The molecule has 0 aromatic carbocycles. The van der Waals surface area contributed by atoms with Gasteiger partial charge in [-0.05, 0) is 19.3 Å². The first-order valence-electron chi connectivity index (χ1n) is 6.93. The third-order valence-electron chi connectivity index (χ3n) is 4.17. The summed E-state index contributed by atoms with van der Waals surface area (Å²) in [5.74, 6) is 6.75. The van der Waals surface area contributed by atoms with E-state index >= 15 is 0 Å². The molecule has 2 atom stereocenters. The van der Waals surface area contributed by atoms with Crippen molar-refractivity contribution in [2.24, 2.45) is 5.84 Å². The molecule has 3 heterocycles. The van der Waals surface area contributed by atoms with Crippen molar-refractivity contribution in [1.29, 1.82) is 0 Å². The van der Waals surface area contributed by atoms with Crippen LogP contribution in [0.25, 0.3) is 11.0 Å². The first-order valence-corrected chi connectivity index (χ1v) is 6.93. The van der Waals surface area contributed by atoms with Gasteiger partial charge in [0.1, 0.15) is 5.82 Å². The number of ether oxygens (including phenoxy) is 1. The highest BCUT2D eigenvalue weighted by Crippen LogP contribution is 2.35. The second kappa shape index (κ2) is 4.57. The lowest BCUT2D eigenvalue weighted by atomic mass is 10.1. The van der Waals surface area contributed by atoms with Gasteiger partial charge in [0, 0.05) is 6.54 Å². The Morgan fingerprint density at radius 2 is 2.35 bits per heavy atom. The van der Waals surface area contributed by atoms with Gasteiger partial charge in [0.25, 0.3) is 0 Å². The summed E-state index contributed by atoms with van der Waals surface area (Å²) in [4.78, 5) is 11.1. The minimum absolute atomic E-state index is 0.315. The van der Waals surface area contributed by atoms with Crippen LogP contribution in [-0.4, -0.2) is 45.5 Å². The zero-order chi connectivity index (χ0) is 13.5. The van der Waals surface area contributed by atoms with E-state index < -0.39 is 0 Å². The van der Waals surface area contributed by atoms with Gasteiger partial charge in [0.05, 0.1) is 30.3 Å². The van der Waals surface area contributed by atoms with Gasteiger partial charge in [0.2, 0.25) is 5.95 Å². The van der Waals surface area contributed by atoms with Gasteiger partial charge in [-0.3, -0.25) is 10.5 Å². The van der Waals surface area contributed by atoms with E-state index in [1.165, 1.54) is 6.42 Å². The molecule has 1 aliphatic heterocycles. The molecule has 20 heavy (non-hydrogen) atoms. The van der Waals surface area contributed by atoms with Gasteiger partial charge in [-0.2, -0.15) is 15.1 Å². The Balaban J connectivity index is 1.81. The molecule has 106 valence electrons. The monoisotopic (exact) mass is 275 g/mol. The number of nitrogens with two attached hydrogens (primary N) is 1. The molecule has 1 saturated carbocycles. The molecule has 2 fully saturated rings. The first-order chi connectivity index (χ1) is 9.86. The van der Waals surface area contributed by atoms with E-state index in [1.54, 1.807) is 6.20 Å². The number of aromatic nitrogens is 4. The Hall–Kier alpha value is -1.93. The van der Waals surface area contributed by atoms with Crippen LogP contribution in [-0.2, 0) is 4.74 Å². The van der Waals surface area contributed by atoms with E-state index in [0.717, 1.165) is 37.2 Å². The number of fused-ring (bicyclic) bond motifs is 2. The average Bonchev–Trinajstić information content (AvgIpc) is 3.14. The zero-order valence-corrected chi connectivity index (χ0v) is 11.0. The Bertz CT molecular complexity index is 627. The molecular weight excluding hydrogens is 258 g/mol. The van der Waals surface area contributed by atoms with Crippen LogP contribution in [0.1, 0.15) is 19.3 Å². The van der Waals surface area contributed by atoms with Crippen LogP contribution >= 0.6 is 0 Å². The third kappa shape index (κ3) is 1.72. The molecular formula is C12H17N7O. The molecule has 1 saturated heterocycles. The summed E-state index contributed by atoms with van der Waals surface area (Å²) in [7, 11) is 0. The Kier molecular flexibility index (Phi) is 2.71. The number of anilines is 2. The van der Waals surface area contributed by atoms with Crippen LogP contribution < -0.4 is 16.2 Å². The van der Waals surface area contributed by atoms with Crippen LogP contribution in [0.15, 0.2) is 6.20 Å². The van der Waals surface area contributed by atoms with E-state index in [9.17, 15) is 0 Å². The van der Waals surface area contributed by atoms with Gasteiger partial charge >= 0.3 is 0 Å². The molecule has 0 bridgehead atoms. The SMILES string of the molecule is NNc1nc(N2CCOC3CCCC32)c2cn[nH]c2n1. The number of morpholine rings is 1. The van der Waals surface area contributed by atoms with Crippen molar-refractivity contribution >= 4 is 22.8 Å². The fourth-order valence-corrected chi connectivity index (χ4v) is 3.29. The molecule has 2 unspecified atom stereocenters. The lowest BCUT2D eigenvalue weighted by Crippen LogP contribution is -2.49. The minimum atomic E-state index is 0.315. The highest BCUT2D eigenvalue weighted by molar-refractivity contribution is 5.87. The van der Waals surface area contributed by atoms with E-state index in [-0.39, 0.29) is 0 Å². The zero-order valence-electron chi connectivity index (χ0n) is 11.0. The van der Waals surface area contributed by atoms with Gasteiger partial charge in [-0.25, -0.2) is 5.84 Å². The second-order valence-corrected chi connectivity index (χ2v) is 5.25. The van der Waals surface area contributed by atoms with Gasteiger partial charge < -0.3 is 9.64 Å². The molecule has 4 rings (SSSR count). The van der Waals surface area contributed by atoms with Crippen molar-refractivity contribution in [2.75, 3.05) is 23.5 Å². The molecule has 2 aromatic heterocycles. The molecule has 2 aliphatic rings. The minimum Gasteiger partial charge on any atom is -0.374 e. The summed E-state index contributed by atoms with van der Waals surface area (Å²) in [6.45, 7) is 1.57. The normalized spacial score (nSPS) is 25.9. The maximum absolute atomic E-state index is 5.85. The Morgan fingerprint density at radius 1 is 1.40 bits per heavy atom. The van der Waals surface area contributed by atoms with Gasteiger partial charge in [-0.1, -0.05) is 0 Å². The number of H-pyrrole nitrogens is 1. The molecule has 2 aromatic rings. The predicted octanol–water partition coefficient (Wildman–Crippen LogP) is 0.396. The quantitative estimate of drug-likeness (QED) is 0.538. The van der Waals surface area contributed by atoms with Crippen molar-refractivity contribution in [3.8, 4) is 0 Å². The summed E-state index contributed by atoms with van der Waals surface area (Å²) < 4.78 is 5.85. The average molecular weight is 275 g/mol. The summed E-state index contributed by atoms with van der Waals surface area (Å²) in [5, 5.41) is 7.87. The smallest absolute Gasteiger partial charge is 0.241 e. The van der Waals surface area contributed by atoms with Crippen molar-refractivity contribution in [3.63, 3.8) is 0 Å². The molecule has 0 spiro atoms.